The lowest BCUT2D eigenvalue weighted by atomic mass is 9.91. The maximum Gasteiger partial charge on any atom is 0.416 e. The first-order valence-electron chi connectivity index (χ1n) is 6.86. The Bertz CT molecular complexity index is 447. The number of benzene rings is 1. The van der Waals surface area contributed by atoms with Crippen LogP contribution in [0, 0.1) is 5.92 Å². The van der Waals surface area contributed by atoms with Gasteiger partial charge in [0.1, 0.15) is 5.78 Å². The first-order valence-corrected chi connectivity index (χ1v) is 6.86. The Kier molecular flexibility index (Phi) is 4.81. The van der Waals surface area contributed by atoms with Gasteiger partial charge in [-0.25, -0.2) is 0 Å². The lowest BCUT2D eigenvalue weighted by molar-refractivity contribution is -0.137. The molecule has 0 unspecified atom stereocenters. The minimum atomic E-state index is -4.30. The highest BCUT2D eigenvalue weighted by molar-refractivity contribution is 5.81. The zero-order valence-electron chi connectivity index (χ0n) is 11.2. The Morgan fingerprint density at radius 3 is 2.50 bits per heavy atom. The Morgan fingerprint density at radius 2 is 1.95 bits per heavy atom. The first-order chi connectivity index (χ1) is 9.47. The highest BCUT2D eigenvalue weighted by Gasteiger charge is 2.30. The summed E-state index contributed by atoms with van der Waals surface area (Å²) in [6, 6.07) is 5.05. The lowest BCUT2D eigenvalue weighted by Crippen LogP contribution is -2.34. The number of piperidine rings is 1. The molecule has 1 fully saturated rings. The van der Waals surface area contributed by atoms with Gasteiger partial charge in [0, 0.05) is 18.9 Å². The number of Topliss-reactive ketones (excluding diaryl/α,β-unsaturated/α-hetero) is 1. The normalized spacial score (nSPS) is 19.9. The number of aryl methyl sites for hydroxylation is 1. The van der Waals surface area contributed by atoms with Gasteiger partial charge in [-0.05, 0) is 43.5 Å². The molecule has 2 rings (SSSR count). The molecule has 5 heteroatoms. The van der Waals surface area contributed by atoms with Crippen molar-refractivity contribution in [2.75, 3.05) is 13.1 Å². The monoisotopic (exact) mass is 285 g/mol. The van der Waals surface area contributed by atoms with E-state index in [4.69, 9.17) is 0 Å². The minimum absolute atomic E-state index is 0.0678. The third-order valence-corrected chi connectivity index (χ3v) is 3.69. The van der Waals surface area contributed by atoms with E-state index in [1.807, 2.05) is 0 Å². The molecular formula is C15H18F3NO. The number of rotatable bonds is 4. The summed E-state index contributed by atoms with van der Waals surface area (Å²) in [5.41, 5.74) is 0.124. The van der Waals surface area contributed by atoms with E-state index in [9.17, 15) is 18.0 Å². The van der Waals surface area contributed by atoms with Gasteiger partial charge in [-0.2, -0.15) is 13.2 Å². The molecule has 0 bridgehead atoms. The van der Waals surface area contributed by atoms with Gasteiger partial charge in [0.2, 0.25) is 0 Å². The van der Waals surface area contributed by atoms with Crippen LogP contribution in [0.25, 0.3) is 0 Å². The number of carbonyl (C=O) groups excluding carboxylic acids is 1. The SMILES string of the molecule is O=C(CCc1ccc(C(F)(F)F)cc1)[C@@H]1CCCNC1. The molecule has 1 aliphatic heterocycles. The number of halogens is 3. The van der Waals surface area contributed by atoms with Gasteiger partial charge in [0.25, 0.3) is 0 Å². The van der Waals surface area contributed by atoms with Gasteiger partial charge < -0.3 is 5.32 Å². The van der Waals surface area contributed by atoms with Crippen LogP contribution in [0.1, 0.15) is 30.4 Å². The van der Waals surface area contributed by atoms with Crippen LogP contribution in [0.15, 0.2) is 24.3 Å². The number of ketones is 1. The molecule has 0 saturated carbocycles. The second-order valence-corrected chi connectivity index (χ2v) is 5.20. The van der Waals surface area contributed by atoms with Crippen LogP contribution in [0.4, 0.5) is 13.2 Å². The number of alkyl halides is 3. The van der Waals surface area contributed by atoms with Gasteiger partial charge in [0.05, 0.1) is 5.56 Å². The maximum atomic E-state index is 12.4. The van der Waals surface area contributed by atoms with E-state index in [2.05, 4.69) is 5.32 Å². The molecule has 1 N–H and O–H groups in total. The van der Waals surface area contributed by atoms with Crippen LogP contribution in [0.3, 0.4) is 0 Å². The molecule has 1 saturated heterocycles. The van der Waals surface area contributed by atoms with Gasteiger partial charge in [-0.3, -0.25) is 4.79 Å². The molecule has 2 nitrogen and oxygen atoms in total. The second-order valence-electron chi connectivity index (χ2n) is 5.20. The van der Waals surface area contributed by atoms with E-state index in [1.54, 1.807) is 0 Å². The topological polar surface area (TPSA) is 29.1 Å². The molecule has 1 aromatic rings. The summed E-state index contributed by atoms with van der Waals surface area (Å²) in [5, 5.41) is 3.19. The van der Waals surface area contributed by atoms with Gasteiger partial charge in [0.15, 0.2) is 0 Å². The van der Waals surface area contributed by atoms with Crippen molar-refractivity contribution in [3.05, 3.63) is 35.4 Å². The van der Waals surface area contributed by atoms with Gasteiger partial charge in [-0.1, -0.05) is 12.1 Å². The van der Waals surface area contributed by atoms with Crippen LogP contribution in [0.5, 0.6) is 0 Å². The molecular weight excluding hydrogens is 267 g/mol. The molecule has 0 amide bonds. The third-order valence-electron chi connectivity index (χ3n) is 3.69. The quantitative estimate of drug-likeness (QED) is 0.920. The van der Waals surface area contributed by atoms with E-state index in [-0.39, 0.29) is 11.7 Å². The Labute approximate surface area is 116 Å². The molecule has 0 radical (unpaired) electrons. The van der Waals surface area contributed by atoms with Crippen molar-refractivity contribution >= 4 is 5.78 Å². The zero-order chi connectivity index (χ0) is 14.6. The summed E-state index contributed by atoms with van der Waals surface area (Å²) in [4.78, 5) is 12.0. The fourth-order valence-corrected chi connectivity index (χ4v) is 2.46. The lowest BCUT2D eigenvalue weighted by Gasteiger charge is -2.21. The summed E-state index contributed by atoms with van der Waals surface area (Å²) in [5.74, 6) is 0.273. The average molecular weight is 285 g/mol. The average Bonchev–Trinajstić information content (AvgIpc) is 2.45. The van der Waals surface area contributed by atoms with E-state index < -0.39 is 11.7 Å². The van der Waals surface area contributed by atoms with Crippen LogP contribution < -0.4 is 5.32 Å². The fourth-order valence-electron chi connectivity index (χ4n) is 2.46. The smallest absolute Gasteiger partial charge is 0.316 e. The summed E-state index contributed by atoms with van der Waals surface area (Å²) in [7, 11) is 0. The molecule has 110 valence electrons. The predicted octanol–water partition coefficient (Wildman–Crippen LogP) is 3.21. The van der Waals surface area contributed by atoms with E-state index >= 15 is 0 Å². The van der Waals surface area contributed by atoms with Crippen molar-refractivity contribution < 1.29 is 18.0 Å². The summed E-state index contributed by atoms with van der Waals surface area (Å²) < 4.78 is 37.2. The molecule has 0 aromatic heterocycles. The van der Waals surface area contributed by atoms with Crippen molar-refractivity contribution in [2.45, 2.75) is 31.9 Å². The Balaban J connectivity index is 1.86. The van der Waals surface area contributed by atoms with E-state index in [0.29, 0.717) is 12.8 Å². The Morgan fingerprint density at radius 1 is 1.25 bits per heavy atom. The number of carbonyl (C=O) groups is 1. The van der Waals surface area contributed by atoms with Crippen LogP contribution in [-0.2, 0) is 17.4 Å². The van der Waals surface area contributed by atoms with Crippen molar-refractivity contribution in [1.29, 1.82) is 0 Å². The summed E-state index contributed by atoms with van der Waals surface area (Å²) >= 11 is 0. The predicted molar refractivity (Wildman–Crippen MR) is 70.4 cm³/mol. The first kappa shape index (κ1) is 15.0. The van der Waals surface area contributed by atoms with Gasteiger partial charge >= 0.3 is 6.18 Å². The highest BCUT2D eigenvalue weighted by Crippen LogP contribution is 2.29. The minimum Gasteiger partial charge on any atom is -0.316 e. The number of hydrogen-bond acceptors (Lipinski definition) is 2. The van der Waals surface area contributed by atoms with E-state index in [1.165, 1.54) is 12.1 Å². The van der Waals surface area contributed by atoms with Crippen molar-refractivity contribution in [1.82, 2.24) is 5.32 Å². The molecule has 1 aliphatic rings. The van der Waals surface area contributed by atoms with Crippen molar-refractivity contribution in [3.8, 4) is 0 Å². The third kappa shape index (κ3) is 4.07. The van der Waals surface area contributed by atoms with Crippen LogP contribution in [0.2, 0.25) is 0 Å². The fraction of sp³-hybridized carbons (Fsp3) is 0.533. The molecule has 0 spiro atoms. The summed E-state index contributed by atoms with van der Waals surface area (Å²) in [6.07, 6.45) is -1.47. The second kappa shape index (κ2) is 6.39. The largest absolute Gasteiger partial charge is 0.416 e. The van der Waals surface area contributed by atoms with Crippen molar-refractivity contribution in [3.63, 3.8) is 0 Å². The molecule has 0 aliphatic carbocycles. The van der Waals surface area contributed by atoms with Crippen LogP contribution >= 0.6 is 0 Å². The molecule has 20 heavy (non-hydrogen) atoms. The zero-order valence-corrected chi connectivity index (χ0v) is 11.2. The van der Waals surface area contributed by atoms with Gasteiger partial charge in [-0.15, -0.1) is 0 Å². The van der Waals surface area contributed by atoms with Crippen LogP contribution in [-0.4, -0.2) is 18.9 Å². The maximum absolute atomic E-state index is 12.4. The molecule has 1 heterocycles. The molecule has 1 aromatic carbocycles. The highest BCUT2D eigenvalue weighted by atomic mass is 19.4. The molecule has 1 atom stereocenters. The number of hydrogen-bond donors (Lipinski definition) is 1. The number of nitrogens with one attached hydrogen (secondary N) is 1. The Hall–Kier alpha value is -1.36. The standard InChI is InChI=1S/C15H18F3NO/c16-15(17,18)13-6-3-11(4-7-13)5-8-14(20)12-2-1-9-19-10-12/h3-4,6-7,12,19H,1-2,5,8-10H2/t12-/m1/s1. The summed E-state index contributed by atoms with van der Waals surface area (Å²) in [6.45, 7) is 1.69. The van der Waals surface area contributed by atoms with E-state index in [0.717, 1.165) is 43.6 Å². The van der Waals surface area contributed by atoms with Crippen molar-refractivity contribution in [2.24, 2.45) is 5.92 Å².